The summed E-state index contributed by atoms with van der Waals surface area (Å²) in [5.41, 5.74) is 3.95. The van der Waals surface area contributed by atoms with Gasteiger partial charge in [-0.25, -0.2) is 5.84 Å². The second kappa shape index (κ2) is 2.88. The molecule has 2 heterocycles. The van der Waals surface area contributed by atoms with E-state index >= 15 is 0 Å². The molecule has 3 N–H and O–H groups in total. The van der Waals surface area contributed by atoms with E-state index in [0.717, 1.165) is 4.88 Å². The zero-order chi connectivity index (χ0) is 8.39. The second-order valence-corrected chi connectivity index (χ2v) is 2.82. The van der Waals surface area contributed by atoms with Gasteiger partial charge in [0.1, 0.15) is 0 Å². The molecule has 0 fully saturated rings. The fourth-order valence-electron chi connectivity index (χ4n) is 0.708. The van der Waals surface area contributed by atoms with Crippen molar-refractivity contribution in [3.63, 3.8) is 0 Å². The van der Waals surface area contributed by atoms with Gasteiger partial charge in [-0.05, 0) is 0 Å². The third-order valence-electron chi connectivity index (χ3n) is 1.20. The number of anilines is 1. The van der Waals surface area contributed by atoms with E-state index in [2.05, 4.69) is 20.6 Å². The summed E-state index contributed by atoms with van der Waals surface area (Å²) in [5.74, 6) is 5.55. The number of nitrogens with two attached hydrogens (primary N) is 1. The zero-order valence-corrected chi connectivity index (χ0v) is 6.71. The Hall–Kier alpha value is -1.47. The summed E-state index contributed by atoms with van der Waals surface area (Å²) in [6.07, 6.45) is 1.66. The third kappa shape index (κ3) is 1.15. The predicted molar refractivity (Wildman–Crippen MR) is 43.2 cm³/mol. The lowest BCUT2D eigenvalue weighted by atomic mass is 10.5. The monoisotopic (exact) mass is 183 g/mol. The van der Waals surface area contributed by atoms with E-state index in [1.807, 2.05) is 0 Å². The lowest BCUT2D eigenvalue weighted by Gasteiger charge is -1.83. The molecule has 2 rings (SSSR count). The summed E-state index contributed by atoms with van der Waals surface area (Å²) >= 11 is 1.44. The molecule has 62 valence electrons. The number of thiazole rings is 1. The maximum atomic E-state index is 5.06. The van der Waals surface area contributed by atoms with Crippen LogP contribution < -0.4 is 11.3 Å². The normalized spacial score (nSPS) is 10.1. The highest BCUT2D eigenvalue weighted by atomic mass is 32.1. The van der Waals surface area contributed by atoms with Gasteiger partial charge in [-0.3, -0.25) is 10.4 Å². The Bertz CT molecular complexity index is 356. The van der Waals surface area contributed by atoms with Gasteiger partial charge < -0.3 is 4.52 Å². The maximum absolute atomic E-state index is 5.06. The SMILES string of the molecule is NNc1nc(-c2cncs2)no1. The van der Waals surface area contributed by atoms with Crippen LogP contribution in [0.1, 0.15) is 0 Å². The van der Waals surface area contributed by atoms with E-state index in [1.54, 1.807) is 11.7 Å². The van der Waals surface area contributed by atoms with Gasteiger partial charge in [0.25, 0.3) is 0 Å². The minimum absolute atomic E-state index is 0.193. The van der Waals surface area contributed by atoms with Crippen molar-refractivity contribution in [2.45, 2.75) is 0 Å². The van der Waals surface area contributed by atoms with E-state index < -0.39 is 0 Å². The van der Waals surface area contributed by atoms with Crippen molar-refractivity contribution < 1.29 is 4.52 Å². The summed E-state index contributed by atoms with van der Waals surface area (Å²) in [4.78, 5) is 8.65. The molecule has 6 nitrogen and oxygen atoms in total. The van der Waals surface area contributed by atoms with E-state index in [1.165, 1.54) is 11.3 Å². The molecule has 0 unspecified atom stereocenters. The highest BCUT2D eigenvalue weighted by molar-refractivity contribution is 7.13. The average molecular weight is 183 g/mol. The molecule has 0 saturated carbocycles. The molecule has 2 aromatic heterocycles. The molecule has 7 heteroatoms. The Labute approximate surface area is 71.4 Å². The number of hydrogen-bond donors (Lipinski definition) is 2. The molecular formula is C5H5N5OS. The third-order valence-corrected chi connectivity index (χ3v) is 1.97. The molecule has 2 aromatic rings. The van der Waals surface area contributed by atoms with E-state index in [9.17, 15) is 0 Å². The van der Waals surface area contributed by atoms with E-state index in [-0.39, 0.29) is 6.01 Å². The average Bonchev–Trinajstić information content (AvgIpc) is 2.75. The molecule has 0 radical (unpaired) electrons. The van der Waals surface area contributed by atoms with Crippen LogP contribution in [0.15, 0.2) is 16.2 Å². The first-order valence-corrected chi connectivity index (χ1v) is 3.97. The van der Waals surface area contributed by atoms with Crippen LogP contribution in [-0.4, -0.2) is 15.1 Å². The van der Waals surface area contributed by atoms with Gasteiger partial charge in [0.05, 0.1) is 10.4 Å². The van der Waals surface area contributed by atoms with Crippen LogP contribution in [0.4, 0.5) is 6.01 Å². The summed E-state index contributed by atoms with van der Waals surface area (Å²) in [6.45, 7) is 0. The van der Waals surface area contributed by atoms with Crippen molar-refractivity contribution in [2.75, 3.05) is 5.43 Å². The van der Waals surface area contributed by atoms with Gasteiger partial charge in [0.15, 0.2) is 0 Å². The Kier molecular flexibility index (Phi) is 1.72. The number of hydrogen-bond acceptors (Lipinski definition) is 7. The summed E-state index contributed by atoms with van der Waals surface area (Å²) in [5, 5.41) is 3.67. The molecule has 0 aliphatic heterocycles. The van der Waals surface area contributed by atoms with Crippen molar-refractivity contribution >= 4 is 17.4 Å². The number of nitrogens with one attached hydrogen (secondary N) is 1. The van der Waals surface area contributed by atoms with Gasteiger partial charge >= 0.3 is 6.01 Å². The minimum Gasteiger partial charge on any atom is -0.314 e. The van der Waals surface area contributed by atoms with Crippen LogP contribution in [-0.2, 0) is 0 Å². The molecule has 0 amide bonds. The lowest BCUT2D eigenvalue weighted by Crippen LogP contribution is -2.06. The Balaban J connectivity index is 2.35. The van der Waals surface area contributed by atoms with E-state index in [0.29, 0.717) is 5.82 Å². The van der Waals surface area contributed by atoms with Crippen molar-refractivity contribution in [1.82, 2.24) is 15.1 Å². The number of hydrazine groups is 1. The van der Waals surface area contributed by atoms with Gasteiger partial charge in [-0.2, -0.15) is 4.98 Å². The molecule has 0 saturated heterocycles. The summed E-state index contributed by atoms with van der Waals surface area (Å²) in [6, 6.07) is 0.193. The Morgan fingerprint density at radius 2 is 2.50 bits per heavy atom. The fraction of sp³-hybridized carbons (Fsp3) is 0. The smallest absolute Gasteiger partial charge is 0.314 e. The van der Waals surface area contributed by atoms with Crippen molar-refractivity contribution in [3.05, 3.63) is 11.7 Å². The molecule has 0 atom stereocenters. The maximum Gasteiger partial charge on any atom is 0.335 e. The molecule has 0 spiro atoms. The number of rotatable bonds is 2. The van der Waals surface area contributed by atoms with E-state index in [4.69, 9.17) is 10.4 Å². The standard InChI is InChI=1S/C5H5N5OS/c6-9-5-8-4(10-11-5)3-1-7-2-12-3/h1-2H,6H2,(H,8,9,10). The lowest BCUT2D eigenvalue weighted by molar-refractivity contribution is 0.433. The largest absolute Gasteiger partial charge is 0.335 e. The van der Waals surface area contributed by atoms with Gasteiger partial charge in [0.2, 0.25) is 5.82 Å². The number of nitrogens with zero attached hydrogens (tertiary/aromatic N) is 3. The minimum atomic E-state index is 0.193. The van der Waals surface area contributed by atoms with Crippen LogP contribution >= 0.6 is 11.3 Å². The topological polar surface area (TPSA) is 89.9 Å². The highest BCUT2D eigenvalue weighted by Crippen LogP contribution is 2.20. The molecule has 12 heavy (non-hydrogen) atoms. The van der Waals surface area contributed by atoms with Crippen molar-refractivity contribution in [1.29, 1.82) is 0 Å². The van der Waals surface area contributed by atoms with Gasteiger partial charge in [0, 0.05) is 6.20 Å². The second-order valence-electron chi connectivity index (χ2n) is 1.93. The molecule has 0 aliphatic rings. The first-order valence-electron chi connectivity index (χ1n) is 3.09. The van der Waals surface area contributed by atoms with Gasteiger partial charge in [-0.15, -0.1) is 11.3 Å². The number of nitrogen functional groups attached to an aromatic ring is 1. The first-order chi connectivity index (χ1) is 5.90. The van der Waals surface area contributed by atoms with Crippen LogP contribution in [0, 0.1) is 0 Å². The van der Waals surface area contributed by atoms with Gasteiger partial charge in [-0.1, -0.05) is 5.16 Å². The van der Waals surface area contributed by atoms with Crippen LogP contribution in [0.25, 0.3) is 10.7 Å². The van der Waals surface area contributed by atoms with Crippen LogP contribution in [0.2, 0.25) is 0 Å². The van der Waals surface area contributed by atoms with Crippen molar-refractivity contribution in [3.8, 4) is 10.7 Å². The molecule has 0 aromatic carbocycles. The molecule has 0 aliphatic carbocycles. The van der Waals surface area contributed by atoms with Crippen LogP contribution in [0.3, 0.4) is 0 Å². The van der Waals surface area contributed by atoms with Crippen LogP contribution in [0.5, 0.6) is 0 Å². The number of aromatic nitrogens is 3. The summed E-state index contributed by atoms with van der Waals surface area (Å²) in [7, 11) is 0. The Morgan fingerprint density at radius 3 is 3.08 bits per heavy atom. The molecular weight excluding hydrogens is 178 g/mol. The highest BCUT2D eigenvalue weighted by Gasteiger charge is 2.07. The zero-order valence-electron chi connectivity index (χ0n) is 5.89. The van der Waals surface area contributed by atoms with Crippen molar-refractivity contribution in [2.24, 2.45) is 5.84 Å². The first kappa shape index (κ1) is 7.19. The molecule has 0 bridgehead atoms. The fourth-order valence-corrected chi connectivity index (χ4v) is 1.25. The summed E-state index contributed by atoms with van der Waals surface area (Å²) < 4.78 is 4.72. The Morgan fingerprint density at radius 1 is 1.58 bits per heavy atom. The quantitative estimate of drug-likeness (QED) is 0.520. The predicted octanol–water partition coefficient (Wildman–Crippen LogP) is 0.479.